The molecule has 4 nitrogen and oxygen atoms in total. The minimum absolute atomic E-state index is 0.0254. The van der Waals surface area contributed by atoms with Gasteiger partial charge in [0, 0.05) is 7.05 Å². The lowest BCUT2D eigenvalue weighted by atomic mass is 10.1. The molecule has 2 N–H and O–H groups in total. The van der Waals surface area contributed by atoms with Gasteiger partial charge in [-0.2, -0.15) is 5.10 Å². The zero-order valence-corrected chi connectivity index (χ0v) is 9.16. The molecule has 1 aromatic heterocycles. The van der Waals surface area contributed by atoms with Crippen molar-refractivity contribution in [2.75, 3.05) is 7.11 Å². The van der Waals surface area contributed by atoms with E-state index < -0.39 is 0 Å². The fraction of sp³-hybridized carbons (Fsp3) is 0.700. The van der Waals surface area contributed by atoms with Crippen LogP contribution in [-0.2, 0) is 7.05 Å². The van der Waals surface area contributed by atoms with Gasteiger partial charge in [0.05, 0.1) is 25.0 Å². The van der Waals surface area contributed by atoms with E-state index in [0.717, 1.165) is 30.7 Å². The van der Waals surface area contributed by atoms with Crippen LogP contribution in [0, 0.1) is 0 Å². The van der Waals surface area contributed by atoms with Crippen LogP contribution in [0.4, 0.5) is 0 Å². The van der Waals surface area contributed by atoms with Gasteiger partial charge in [-0.1, -0.05) is 19.8 Å². The highest BCUT2D eigenvalue weighted by Crippen LogP contribution is 2.25. The molecule has 1 aromatic rings. The van der Waals surface area contributed by atoms with Crippen molar-refractivity contribution in [2.45, 2.75) is 32.2 Å². The van der Waals surface area contributed by atoms with Crippen molar-refractivity contribution in [3.05, 3.63) is 11.9 Å². The van der Waals surface area contributed by atoms with Crippen LogP contribution >= 0.6 is 0 Å². The van der Waals surface area contributed by atoms with Crippen molar-refractivity contribution >= 4 is 0 Å². The van der Waals surface area contributed by atoms with Crippen LogP contribution in [0.25, 0.3) is 0 Å². The Hall–Kier alpha value is -1.03. The van der Waals surface area contributed by atoms with Gasteiger partial charge in [-0.05, 0) is 6.42 Å². The van der Waals surface area contributed by atoms with E-state index in [1.54, 1.807) is 18.0 Å². The lowest BCUT2D eigenvalue weighted by molar-refractivity contribution is 0.400. The molecule has 1 atom stereocenters. The lowest BCUT2D eigenvalue weighted by Crippen LogP contribution is -2.15. The predicted octanol–water partition coefficient (Wildman–Crippen LogP) is 1.62. The second-order valence-corrected chi connectivity index (χ2v) is 3.47. The number of hydrogen-bond acceptors (Lipinski definition) is 3. The van der Waals surface area contributed by atoms with E-state index >= 15 is 0 Å². The summed E-state index contributed by atoms with van der Waals surface area (Å²) >= 11 is 0. The molecule has 1 unspecified atom stereocenters. The molecule has 0 aliphatic carbocycles. The molecular weight excluding hydrogens is 178 g/mol. The highest BCUT2D eigenvalue weighted by atomic mass is 16.5. The van der Waals surface area contributed by atoms with E-state index in [4.69, 9.17) is 10.5 Å². The highest BCUT2D eigenvalue weighted by molar-refractivity contribution is 5.27. The summed E-state index contributed by atoms with van der Waals surface area (Å²) in [7, 11) is 3.54. The molecule has 14 heavy (non-hydrogen) atoms. The Morgan fingerprint density at radius 3 is 2.93 bits per heavy atom. The average molecular weight is 197 g/mol. The monoisotopic (exact) mass is 197 g/mol. The van der Waals surface area contributed by atoms with Gasteiger partial charge < -0.3 is 10.5 Å². The number of unbranched alkanes of at least 4 members (excludes halogenated alkanes) is 1. The van der Waals surface area contributed by atoms with Gasteiger partial charge in [0.15, 0.2) is 5.75 Å². The molecule has 1 rings (SSSR count). The first kappa shape index (κ1) is 11.0. The summed E-state index contributed by atoms with van der Waals surface area (Å²) in [5.41, 5.74) is 7.05. The van der Waals surface area contributed by atoms with Crippen LogP contribution < -0.4 is 10.5 Å². The number of hydrogen-bond donors (Lipinski definition) is 1. The number of rotatable bonds is 5. The van der Waals surface area contributed by atoms with Crippen LogP contribution in [-0.4, -0.2) is 16.9 Å². The van der Waals surface area contributed by atoms with Gasteiger partial charge >= 0.3 is 0 Å². The van der Waals surface area contributed by atoms with E-state index in [-0.39, 0.29) is 6.04 Å². The Balaban J connectivity index is 2.76. The van der Waals surface area contributed by atoms with Crippen LogP contribution in [0.5, 0.6) is 5.75 Å². The summed E-state index contributed by atoms with van der Waals surface area (Å²) in [6.45, 7) is 2.16. The van der Waals surface area contributed by atoms with Crippen LogP contribution in [0.2, 0.25) is 0 Å². The van der Waals surface area contributed by atoms with E-state index in [1.165, 1.54) is 0 Å². The molecule has 0 amide bonds. The predicted molar refractivity (Wildman–Crippen MR) is 56.2 cm³/mol. The Kier molecular flexibility index (Phi) is 3.95. The number of ether oxygens (including phenoxy) is 1. The van der Waals surface area contributed by atoms with Crippen molar-refractivity contribution in [1.82, 2.24) is 9.78 Å². The first-order valence-corrected chi connectivity index (χ1v) is 5.02. The number of aromatic nitrogens is 2. The minimum atomic E-state index is 0.0254. The summed E-state index contributed by atoms with van der Waals surface area (Å²) in [4.78, 5) is 0. The molecule has 0 aliphatic rings. The maximum atomic E-state index is 6.06. The van der Waals surface area contributed by atoms with Crippen molar-refractivity contribution in [1.29, 1.82) is 0 Å². The fourth-order valence-corrected chi connectivity index (χ4v) is 1.57. The molecule has 0 bridgehead atoms. The quantitative estimate of drug-likeness (QED) is 0.780. The van der Waals surface area contributed by atoms with Gasteiger partial charge in [0.1, 0.15) is 0 Å². The topological polar surface area (TPSA) is 53.1 Å². The second kappa shape index (κ2) is 5.00. The molecule has 0 saturated carbocycles. The molecule has 0 saturated heterocycles. The molecular formula is C10H19N3O. The van der Waals surface area contributed by atoms with Crippen molar-refractivity contribution in [3.8, 4) is 5.75 Å². The maximum Gasteiger partial charge on any atom is 0.161 e. The molecule has 0 aliphatic heterocycles. The Labute approximate surface area is 85.0 Å². The van der Waals surface area contributed by atoms with E-state index in [1.807, 2.05) is 7.05 Å². The van der Waals surface area contributed by atoms with Gasteiger partial charge in [0.25, 0.3) is 0 Å². The molecule has 1 heterocycles. The second-order valence-electron chi connectivity index (χ2n) is 3.47. The summed E-state index contributed by atoms with van der Waals surface area (Å²) < 4.78 is 6.99. The van der Waals surface area contributed by atoms with Crippen molar-refractivity contribution in [2.24, 2.45) is 12.8 Å². The summed E-state index contributed by atoms with van der Waals surface area (Å²) in [5, 5.41) is 4.13. The molecule has 80 valence electrons. The zero-order valence-electron chi connectivity index (χ0n) is 9.16. The number of nitrogens with two attached hydrogens (primary N) is 1. The largest absolute Gasteiger partial charge is 0.493 e. The first-order valence-electron chi connectivity index (χ1n) is 5.02. The SMILES string of the molecule is CCCCC(N)c1c(OC)cnn1C. The summed E-state index contributed by atoms with van der Waals surface area (Å²) in [5.74, 6) is 0.788. The van der Waals surface area contributed by atoms with E-state index in [2.05, 4.69) is 12.0 Å². The Morgan fingerprint density at radius 2 is 2.36 bits per heavy atom. The Morgan fingerprint density at radius 1 is 1.64 bits per heavy atom. The average Bonchev–Trinajstić information content (AvgIpc) is 2.56. The third-order valence-electron chi connectivity index (χ3n) is 2.39. The first-order chi connectivity index (χ1) is 6.70. The zero-order chi connectivity index (χ0) is 10.6. The standard InChI is InChI=1S/C10H19N3O/c1-4-5-6-8(11)10-9(14-3)7-12-13(10)2/h7-8H,4-6,11H2,1-3H3. The molecule has 0 radical (unpaired) electrons. The fourth-order valence-electron chi connectivity index (χ4n) is 1.57. The molecule has 0 aromatic carbocycles. The van der Waals surface area contributed by atoms with Crippen LogP contribution in [0.3, 0.4) is 0 Å². The smallest absolute Gasteiger partial charge is 0.161 e. The number of methoxy groups -OCH3 is 1. The minimum Gasteiger partial charge on any atom is -0.493 e. The van der Waals surface area contributed by atoms with E-state index in [9.17, 15) is 0 Å². The van der Waals surface area contributed by atoms with Crippen molar-refractivity contribution < 1.29 is 4.74 Å². The lowest BCUT2D eigenvalue weighted by Gasteiger charge is -2.13. The summed E-state index contributed by atoms with van der Waals surface area (Å²) in [6, 6.07) is 0.0254. The van der Waals surface area contributed by atoms with Crippen molar-refractivity contribution in [3.63, 3.8) is 0 Å². The van der Waals surface area contributed by atoms with Gasteiger partial charge in [0.2, 0.25) is 0 Å². The van der Waals surface area contributed by atoms with Crippen LogP contribution in [0.15, 0.2) is 6.20 Å². The molecule has 4 heteroatoms. The third kappa shape index (κ3) is 2.26. The van der Waals surface area contributed by atoms with Gasteiger partial charge in [-0.15, -0.1) is 0 Å². The molecule has 0 spiro atoms. The number of nitrogens with zero attached hydrogens (tertiary/aromatic N) is 2. The van der Waals surface area contributed by atoms with E-state index in [0.29, 0.717) is 0 Å². The molecule has 0 fully saturated rings. The summed E-state index contributed by atoms with van der Waals surface area (Å²) in [6.07, 6.45) is 4.98. The Bertz CT molecular complexity index is 283. The maximum absolute atomic E-state index is 6.06. The van der Waals surface area contributed by atoms with Crippen LogP contribution in [0.1, 0.15) is 37.9 Å². The third-order valence-corrected chi connectivity index (χ3v) is 2.39. The normalized spacial score (nSPS) is 12.9. The number of aryl methyl sites for hydroxylation is 1. The van der Waals surface area contributed by atoms with Gasteiger partial charge in [-0.25, -0.2) is 0 Å². The van der Waals surface area contributed by atoms with Gasteiger partial charge in [-0.3, -0.25) is 4.68 Å². The highest BCUT2D eigenvalue weighted by Gasteiger charge is 2.15.